The van der Waals surface area contributed by atoms with Gasteiger partial charge < -0.3 is 5.73 Å². The van der Waals surface area contributed by atoms with Crippen LogP contribution in [0.5, 0.6) is 0 Å². The molecule has 0 radical (unpaired) electrons. The quantitative estimate of drug-likeness (QED) is 0.383. The van der Waals surface area contributed by atoms with Crippen molar-refractivity contribution in [3.63, 3.8) is 0 Å². The fourth-order valence-corrected chi connectivity index (χ4v) is 3.37. The van der Waals surface area contributed by atoms with Gasteiger partial charge in [-0.15, -0.1) is 0 Å². The van der Waals surface area contributed by atoms with Crippen molar-refractivity contribution in [1.82, 2.24) is 14.5 Å². The monoisotopic (exact) mass is 287 g/mol. The molecular weight excluding hydrogens is 266 g/mol. The normalized spacial score (nSPS) is 11.7. The first-order valence-corrected chi connectivity index (χ1v) is 7.56. The first kappa shape index (κ1) is 15.6. The van der Waals surface area contributed by atoms with E-state index in [0.29, 0.717) is 37.2 Å². The molecule has 0 spiro atoms. The zero-order chi connectivity index (χ0) is 14.6. The number of hydrogen-bond donors (Lipinski definition) is 3. The second-order valence-electron chi connectivity index (χ2n) is 4.50. The van der Waals surface area contributed by atoms with Crippen LogP contribution in [0.2, 0.25) is 0 Å². The van der Waals surface area contributed by atoms with Crippen molar-refractivity contribution in [2.75, 3.05) is 6.54 Å². The summed E-state index contributed by atoms with van der Waals surface area (Å²) in [6.07, 6.45) is 1.84. The molecule has 8 heteroatoms. The summed E-state index contributed by atoms with van der Waals surface area (Å²) in [7, 11) is -1.80. The molecule has 1 aromatic rings. The van der Waals surface area contributed by atoms with E-state index in [4.69, 9.17) is 11.1 Å². The Morgan fingerprint density at radius 2 is 2.05 bits per heavy atom. The minimum atomic E-state index is -3.52. The van der Waals surface area contributed by atoms with Crippen molar-refractivity contribution in [3.8, 4) is 0 Å². The number of hydrogen-bond acceptors (Lipinski definition) is 4. The lowest BCUT2D eigenvalue weighted by Gasteiger charge is -2.07. The van der Waals surface area contributed by atoms with Crippen LogP contribution in [0.4, 0.5) is 0 Å². The summed E-state index contributed by atoms with van der Waals surface area (Å²) in [5, 5.41) is 11.2. The summed E-state index contributed by atoms with van der Waals surface area (Å²) in [5.74, 6) is 0.127. The van der Waals surface area contributed by atoms with E-state index >= 15 is 0 Å². The van der Waals surface area contributed by atoms with Gasteiger partial charge in [0.1, 0.15) is 4.90 Å². The molecular formula is C11H21N5O2S. The number of aromatic nitrogens is 2. The molecule has 1 heterocycles. The van der Waals surface area contributed by atoms with Crippen LogP contribution in [0.1, 0.15) is 30.7 Å². The smallest absolute Gasteiger partial charge is 0.244 e. The van der Waals surface area contributed by atoms with E-state index in [0.717, 1.165) is 0 Å². The fraction of sp³-hybridized carbons (Fsp3) is 0.636. The molecule has 0 bridgehead atoms. The molecule has 0 atom stereocenters. The highest BCUT2D eigenvalue weighted by Gasteiger charge is 2.22. The number of nitrogens with one attached hydrogen (secondary N) is 2. The van der Waals surface area contributed by atoms with Crippen LogP contribution in [0.15, 0.2) is 4.90 Å². The summed E-state index contributed by atoms with van der Waals surface area (Å²) in [4.78, 5) is 0.251. The Kier molecular flexibility index (Phi) is 5.07. The van der Waals surface area contributed by atoms with Crippen molar-refractivity contribution in [2.45, 2.75) is 38.0 Å². The Morgan fingerprint density at radius 1 is 1.42 bits per heavy atom. The largest absolute Gasteiger partial charge is 0.388 e. The van der Waals surface area contributed by atoms with E-state index in [1.807, 2.05) is 0 Å². The summed E-state index contributed by atoms with van der Waals surface area (Å²) < 4.78 is 28.4. The number of sulfonamides is 1. The summed E-state index contributed by atoms with van der Waals surface area (Å²) >= 11 is 0. The minimum absolute atomic E-state index is 0.127. The highest BCUT2D eigenvalue weighted by Crippen LogP contribution is 2.18. The molecule has 1 rings (SSSR count). The third-order valence-electron chi connectivity index (χ3n) is 2.88. The molecule has 0 unspecified atom stereocenters. The number of rotatable bonds is 7. The van der Waals surface area contributed by atoms with Crippen LogP contribution < -0.4 is 10.5 Å². The zero-order valence-electron chi connectivity index (χ0n) is 11.5. The average molecular weight is 287 g/mol. The van der Waals surface area contributed by atoms with Crippen LogP contribution in [0.3, 0.4) is 0 Å². The van der Waals surface area contributed by atoms with Gasteiger partial charge >= 0.3 is 0 Å². The Morgan fingerprint density at radius 3 is 2.53 bits per heavy atom. The lowest BCUT2D eigenvalue weighted by atomic mass is 10.2. The molecule has 0 aliphatic rings. The molecule has 108 valence electrons. The van der Waals surface area contributed by atoms with Crippen LogP contribution in [-0.4, -0.2) is 30.6 Å². The van der Waals surface area contributed by atoms with E-state index in [9.17, 15) is 8.42 Å². The fourth-order valence-electron chi connectivity index (χ4n) is 1.86. The SMILES string of the molecule is Cc1nn(C)c(C)c1S(=O)(=O)NCCCCC(=N)N. The maximum Gasteiger partial charge on any atom is 0.244 e. The lowest BCUT2D eigenvalue weighted by molar-refractivity contribution is 0.576. The highest BCUT2D eigenvalue weighted by atomic mass is 32.2. The molecule has 0 saturated carbocycles. The van der Waals surface area contributed by atoms with Crippen molar-refractivity contribution in [1.29, 1.82) is 5.41 Å². The van der Waals surface area contributed by atoms with Gasteiger partial charge in [0.2, 0.25) is 10.0 Å². The van der Waals surface area contributed by atoms with Gasteiger partial charge in [-0.05, 0) is 26.7 Å². The predicted molar refractivity (Wildman–Crippen MR) is 73.6 cm³/mol. The van der Waals surface area contributed by atoms with Gasteiger partial charge in [0.05, 0.1) is 17.2 Å². The van der Waals surface area contributed by atoms with Crippen LogP contribution in [0, 0.1) is 19.3 Å². The number of amidine groups is 1. The van der Waals surface area contributed by atoms with Gasteiger partial charge in [0.15, 0.2) is 0 Å². The molecule has 1 aromatic heterocycles. The Hall–Kier alpha value is -1.41. The number of aryl methyl sites for hydroxylation is 2. The van der Waals surface area contributed by atoms with Gasteiger partial charge in [0.25, 0.3) is 0 Å². The Labute approximate surface area is 113 Å². The number of unbranched alkanes of at least 4 members (excludes halogenated alkanes) is 1. The topological polar surface area (TPSA) is 114 Å². The van der Waals surface area contributed by atoms with Crippen molar-refractivity contribution in [2.24, 2.45) is 12.8 Å². The van der Waals surface area contributed by atoms with Crippen molar-refractivity contribution >= 4 is 15.9 Å². The molecule has 19 heavy (non-hydrogen) atoms. The molecule has 7 nitrogen and oxygen atoms in total. The van der Waals surface area contributed by atoms with Crippen LogP contribution in [0.25, 0.3) is 0 Å². The van der Waals surface area contributed by atoms with E-state index in [-0.39, 0.29) is 10.7 Å². The van der Waals surface area contributed by atoms with E-state index in [2.05, 4.69) is 9.82 Å². The Balaban J connectivity index is 2.64. The van der Waals surface area contributed by atoms with E-state index < -0.39 is 10.0 Å². The maximum atomic E-state index is 12.2. The molecule has 0 fully saturated rings. The van der Waals surface area contributed by atoms with Gasteiger partial charge in [-0.25, -0.2) is 13.1 Å². The third-order valence-corrected chi connectivity index (χ3v) is 4.59. The summed E-state index contributed by atoms with van der Waals surface area (Å²) in [6.45, 7) is 3.74. The molecule has 4 N–H and O–H groups in total. The van der Waals surface area contributed by atoms with Crippen LogP contribution in [-0.2, 0) is 17.1 Å². The third kappa shape index (κ3) is 4.03. The van der Waals surface area contributed by atoms with Crippen LogP contribution >= 0.6 is 0 Å². The molecule has 0 amide bonds. The number of nitrogens with zero attached hydrogens (tertiary/aromatic N) is 2. The van der Waals surface area contributed by atoms with E-state index in [1.54, 1.807) is 25.6 Å². The average Bonchev–Trinajstić information content (AvgIpc) is 2.52. The molecule has 0 aliphatic carbocycles. The molecule has 0 saturated heterocycles. The Bertz CT molecular complexity index is 562. The first-order valence-electron chi connectivity index (χ1n) is 6.08. The zero-order valence-corrected chi connectivity index (χ0v) is 12.3. The van der Waals surface area contributed by atoms with Gasteiger partial charge in [-0.1, -0.05) is 0 Å². The van der Waals surface area contributed by atoms with Gasteiger partial charge in [-0.3, -0.25) is 10.1 Å². The summed E-state index contributed by atoms with van der Waals surface area (Å²) in [6, 6.07) is 0. The van der Waals surface area contributed by atoms with E-state index in [1.165, 1.54) is 0 Å². The second-order valence-corrected chi connectivity index (χ2v) is 6.21. The van der Waals surface area contributed by atoms with Gasteiger partial charge in [0, 0.05) is 20.0 Å². The standard InChI is InChI=1S/C11H21N5O2S/c1-8-11(9(2)16(3)15-8)19(17,18)14-7-5-4-6-10(12)13/h14H,4-7H2,1-3H3,(H3,12,13). The maximum absolute atomic E-state index is 12.2. The number of nitrogens with two attached hydrogens (primary N) is 1. The minimum Gasteiger partial charge on any atom is -0.388 e. The lowest BCUT2D eigenvalue weighted by Crippen LogP contribution is -2.26. The highest BCUT2D eigenvalue weighted by molar-refractivity contribution is 7.89. The molecule has 0 aromatic carbocycles. The van der Waals surface area contributed by atoms with Crippen molar-refractivity contribution < 1.29 is 8.42 Å². The summed E-state index contributed by atoms with van der Waals surface area (Å²) in [5.41, 5.74) is 6.34. The first-order chi connectivity index (χ1) is 8.75. The van der Waals surface area contributed by atoms with Gasteiger partial charge in [-0.2, -0.15) is 5.10 Å². The van der Waals surface area contributed by atoms with Crippen molar-refractivity contribution in [3.05, 3.63) is 11.4 Å². The molecule has 0 aliphatic heterocycles. The second kappa shape index (κ2) is 6.16. The predicted octanol–water partition coefficient (Wildman–Crippen LogP) is 0.422.